The van der Waals surface area contributed by atoms with E-state index in [4.69, 9.17) is 18.3 Å². The topological polar surface area (TPSA) is 86.7 Å². The molecule has 0 radical (unpaired) electrons. The smallest absolute Gasteiger partial charge is 0.230 e. The van der Waals surface area contributed by atoms with Crippen molar-refractivity contribution in [3.63, 3.8) is 0 Å². The molecule has 3 rings (SSSR count). The number of nitrogens with zero attached hydrogens (tertiary/aromatic N) is 4. The van der Waals surface area contributed by atoms with Crippen LogP contribution in [-0.4, -0.2) is 41.3 Å². The molecule has 0 aliphatic rings. The van der Waals surface area contributed by atoms with Crippen molar-refractivity contribution in [2.75, 3.05) is 21.3 Å². The predicted molar refractivity (Wildman–Crippen MR) is 94.0 cm³/mol. The van der Waals surface area contributed by atoms with E-state index in [1.165, 1.54) is 0 Å². The van der Waals surface area contributed by atoms with Gasteiger partial charge >= 0.3 is 0 Å². The van der Waals surface area contributed by atoms with Crippen LogP contribution in [0.4, 0.5) is 0 Å². The number of hydrogen-bond acceptors (Lipinski definition) is 8. The molecule has 0 atom stereocenters. The highest BCUT2D eigenvalue weighted by Gasteiger charge is 2.16. The molecule has 138 valence electrons. The van der Waals surface area contributed by atoms with Crippen LogP contribution in [0.15, 0.2) is 27.0 Å². The Hall–Kier alpha value is -2.87. The number of oxazole rings is 1. The molecule has 0 unspecified atom stereocenters. The zero-order chi connectivity index (χ0) is 18.7. The van der Waals surface area contributed by atoms with Crippen LogP contribution < -0.4 is 9.47 Å². The molecule has 0 saturated heterocycles. The van der Waals surface area contributed by atoms with Crippen LogP contribution in [-0.2, 0) is 13.1 Å². The normalized spacial score (nSPS) is 11.2. The third kappa shape index (κ3) is 3.85. The standard InChI is InChI=1S/C18H22N4O4/c1-11-14(9-22(3)10-17-21-20-12(2)26-17)19-18(25-11)13-6-7-15(23-4)16(8-13)24-5/h6-8H,9-10H2,1-5H3. The summed E-state index contributed by atoms with van der Waals surface area (Å²) in [5, 5.41) is 7.85. The number of benzene rings is 1. The van der Waals surface area contributed by atoms with E-state index < -0.39 is 0 Å². The molecule has 2 heterocycles. The SMILES string of the molecule is COc1ccc(-c2nc(CN(C)Cc3nnc(C)o3)c(C)o2)cc1OC. The Kier molecular flexibility index (Phi) is 5.22. The van der Waals surface area contributed by atoms with Crippen molar-refractivity contribution >= 4 is 0 Å². The van der Waals surface area contributed by atoms with E-state index in [1.807, 2.05) is 37.1 Å². The Labute approximate surface area is 151 Å². The van der Waals surface area contributed by atoms with E-state index in [1.54, 1.807) is 21.1 Å². The molecule has 26 heavy (non-hydrogen) atoms. The van der Waals surface area contributed by atoms with Gasteiger partial charge in [0.15, 0.2) is 11.5 Å². The highest BCUT2D eigenvalue weighted by molar-refractivity contribution is 5.60. The highest BCUT2D eigenvalue weighted by Crippen LogP contribution is 2.32. The van der Waals surface area contributed by atoms with Crippen molar-refractivity contribution in [3.05, 3.63) is 41.4 Å². The second-order valence-electron chi connectivity index (χ2n) is 5.98. The maximum absolute atomic E-state index is 5.84. The fourth-order valence-electron chi connectivity index (χ4n) is 2.61. The Morgan fingerprint density at radius 1 is 1.00 bits per heavy atom. The molecule has 8 heteroatoms. The number of aryl methyl sites for hydroxylation is 2. The molecule has 8 nitrogen and oxygen atoms in total. The third-order valence-corrected chi connectivity index (χ3v) is 3.92. The Morgan fingerprint density at radius 3 is 2.42 bits per heavy atom. The van der Waals surface area contributed by atoms with Gasteiger partial charge in [0, 0.05) is 19.0 Å². The van der Waals surface area contributed by atoms with Gasteiger partial charge in [0.05, 0.1) is 26.5 Å². The summed E-state index contributed by atoms with van der Waals surface area (Å²) in [6.07, 6.45) is 0. The molecule has 3 aromatic rings. The predicted octanol–water partition coefficient (Wildman–Crippen LogP) is 2.99. The van der Waals surface area contributed by atoms with Gasteiger partial charge in [-0.15, -0.1) is 10.2 Å². The van der Waals surface area contributed by atoms with Crippen LogP contribution in [0.1, 0.15) is 23.2 Å². The van der Waals surface area contributed by atoms with Gasteiger partial charge in [0.1, 0.15) is 5.76 Å². The molecular weight excluding hydrogens is 336 g/mol. The molecule has 0 aliphatic heterocycles. The van der Waals surface area contributed by atoms with Gasteiger partial charge in [0.2, 0.25) is 17.7 Å². The summed E-state index contributed by atoms with van der Waals surface area (Å²) in [5.41, 5.74) is 1.68. The maximum Gasteiger partial charge on any atom is 0.230 e. The lowest BCUT2D eigenvalue weighted by molar-refractivity contribution is 0.275. The van der Waals surface area contributed by atoms with E-state index in [0.29, 0.717) is 42.3 Å². The van der Waals surface area contributed by atoms with Crippen molar-refractivity contribution in [3.8, 4) is 23.0 Å². The van der Waals surface area contributed by atoms with E-state index in [0.717, 1.165) is 17.0 Å². The minimum absolute atomic E-state index is 0.541. The van der Waals surface area contributed by atoms with Crippen molar-refractivity contribution in [1.29, 1.82) is 0 Å². The molecule has 0 bridgehead atoms. The first-order valence-corrected chi connectivity index (χ1v) is 8.16. The van der Waals surface area contributed by atoms with E-state index in [9.17, 15) is 0 Å². The average Bonchev–Trinajstić information content (AvgIpc) is 3.20. The molecule has 0 N–H and O–H groups in total. The first kappa shape index (κ1) is 17.9. The third-order valence-electron chi connectivity index (χ3n) is 3.92. The average molecular weight is 358 g/mol. The minimum Gasteiger partial charge on any atom is -0.493 e. The van der Waals surface area contributed by atoms with Crippen molar-refractivity contribution in [1.82, 2.24) is 20.1 Å². The molecular formula is C18H22N4O4. The lowest BCUT2D eigenvalue weighted by Crippen LogP contribution is -2.18. The van der Waals surface area contributed by atoms with Crippen LogP contribution in [0.5, 0.6) is 11.5 Å². The number of ether oxygens (including phenoxy) is 2. The van der Waals surface area contributed by atoms with Crippen LogP contribution in [0, 0.1) is 13.8 Å². The molecule has 0 fully saturated rings. The quantitative estimate of drug-likeness (QED) is 0.637. The Morgan fingerprint density at radius 2 is 1.77 bits per heavy atom. The summed E-state index contributed by atoms with van der Waals surface area (Å²) >= 11 is 0. The molecule has 2 aromatic heterocycles. The molecule has 0 spiro atoms. The van der Waals surface area contributed by atoms with Gasteiger partial charge in [-0.3, -0.25) is 4.90 Å². The first-order valence-electron chi connectivity index (χ1n) is 8.16. The summed E-state index contributed by atoms with van der Waals surface area (Å²) in [6.45, 7) is 4.81. The van der Waals surface area contributed by atoms with E-state index >= 15 is 0 Å². The summed E-state index contributed by atoms with van der Waals surface area (Å²) in [7, 11) is 5.16. The number of aromatic nitrogens is 3. The molecule has 0 saturated carbocycles. The highest BCUT2D eigenvalue weighted by atomic mass is 16.5. The summed E-state index contributed by atoms with van der Waals surface area (Å²) in [4.78, 5) is 6.66. The number of rotatable bonds is 7. The van der Waals surface area contributed by atoms with Gasteiger partial charge in [-0.2, -0.15) is 0 Å². The minimum atomic E-state index is 0.541. The molecule has 1 aromatic carbocycles. The Bertz CT molecular complexity index is 887. The fourth-order valence-corrected chi connectivity index (χ4v) is 2.61. The summed E-state index contributed by atoms with van der Waals surface area (Å²) in [6, 6.07) is 5.57. The van der Waals surface area contributed by atoms with Crippen molar-refractivity contribution in [2.45, 2.75) is 26.9 Å². The maximum atomic E-state index is 5.84. The van der Waals surface area contributed by atoms with Crippen LogP contribution >= 0.6 is 0 Å². The van der Waals surface area contributed by atoms with Gasteiger partial charge in [0.25, 0.3) is 0 Å². The van der Waals surface area contributed by atoms with Crippen molar-refractivity contribution < 1.29 is 18.3 Å². The van der Waals surface area contributed by atoms with Gasteiger partial charge in [-0.25, -0.2) is 4.98 Å². The number of methoxy groups -OCH3 is 2. The largest absolute Gasteiger partial charge is 0.493 e. The van der Waals surface area contributed by atoms with Crippen molar-refractivity contribution in [2.24, 2.45) is 0 Å². The first-order chi connectivity index (χ1) is 12.5. The van der Waals surface area contributed by atoms with E-state index in [2.05, 4.69) is 15.2 Å². The van der Waals surface area contributed by atoms with Crippen LogP contribution in [0.3, 0.4) is 0 Å². The monoisotopic (exact) mass is 358 g/mol. The van der Waals surface area contributed by atoms with E-state index in [-0.39, 0.29) is 0 Å². The van der Waals surface area contributed by atoms with Gasteiger partial charge in [-0.05, 0) is 32.2 Å². The molecule has 0 amide bonds. The van der Waals surface area contributed by atoms with Crippen LogP contribution in [0.25, 0.3) is 11.5 Å². The fraction of sp³-hybridized carbons (Fsp3) is 0.389. The lowest BCUT2D eigenvalue weighted by Gasteiger charge is -2.12. The second kappa shape index (κ2) is 7.57. The number of hydrogen-bond donors (Lipinski definition) is 0. The van der Waals surface area contributed by atoms with Gasteiger partial charge < -0.3 is 18.3 Å². The zero-order valence-electron chi connectivity index (χ0n) is 15.6. The summed E-state index contributed by atoms with van der Waals surface area (Å²) in [5.74, 6) is 3.73. The van der Waals surface area contributed by atoms with Gasteiger partial charge in [-0.1, -0.05) is 0 Å². The Balaban J connectivity index is 1.76. The molecule has 0 aliphatic carbocycles. The summed E-state index contributed by atoms with van der Waals surface area (Å²) < 4.78 is 21.9. The second-order valence-corrected chi connectivity index (χ2v) is 5.98. The zero-order valence-corrected chi connectivity index (χ0v) is 15.6. The van der Waals surface area contributed by atoms with Crippen LogP contribution in [0.2, 0.25) is 0 Å². The lowest BCUT2D eigenvalue weighted by atomic mass is 10.2.